The topological polar surface area (TPSA) is 51.2 Å². The van der Waals surface area contributed by atoms with Gasteiger partial charge in [0.1, 0.15) is 17.4 Å². The molecule has 0 aliphatic rings. The molecule has 0 bridgehead atoms. The van der Waals surface area contributed by atoms with Gasteiger partial charge in [-0.3, -0.25) is 4.79 Å². The highest BCUT2D eigenvalue weighted by molar-refractivity contribution is 7.09. The van der Waals surface area contributed by atoms with Crippen molar-refractivity contribution in [1.82, 2.24) is 10.3 Å². The smallest absolute Gasteiger partial charge is 0.227 e. The van der Waals surface area contributed by atoms with Crippen LogP contribution in [0, 0.1) is 6.92 Å². The molecule has 1 amide bonds. The van der Waals surface area contributed by atoms with Gasteiger partial charge in [-0.2, -0.15) is 0 Å². The van der Waals surface area contributed by atoms with E-state index in [0.717, 1.165) is 27.6 Å². The lowest BCUT2D eigenvalue weighted by atomic mass is 9.84. The third kappa shape index (κ3) is 5.24. The van der Waals surface area contributed by atoms with Gasteiger partial charge in [-0.05, 0) is 37.1 Å². The number of thiazole rings is 1. The Balaban J connectivity index is 1.43. The highest BCUT2D eigenvalue weighted by Crippen LogP contribution is 2.29. The SMILES string of the molecule is Cc1ccc(OCc2nc(CC(=O)NC(C)(c3ccccc3)c3ccccc3)cs2)cc1. The molecule has 1 aromatic heterocycles. The van der Waals surface area contributed by atoms with Gasteiger partial charge >= 0.3 is 0 Å². The number of benzene rings is 3. The third-order valence-corrected chi connectivity index (χ3v) is 6.29. The van der Waals surface area contributed by atoms with Crippen molar-refractivity contribution in [3.05, 3.63) is 118 Å². The lowest BCUT2D eigenvalue weighted by molar-refractivity contribution is -0.121. The lowest BCUT2D eigenvalue weighted by Crippen LogP contribution is -2.45. The average molecular weight is 443 g/mol. The van der Waals surface area contributed by atoms with Gasteiger partial charge in [0.25, 0.3) is 0 Å². The summed E-state index contributed by atoms with van der Waals surface area (Å²) in [5.74, 6) is 0.739. The van der Waals surface area contributed by atoms with Crippen molar-refractivity contribution in [2.45, 2.75) is 32.4 Å². The standard InChI is InChI=1S/C27H26N2O2S/c1-20-13-15-24(16-14-20)31-18-26-28-23(19-32-26)17-25(30)29-27(2,21-9-5-3-6-10-21)22-11-7-4-8-12-22/h3-16,19H,17-18H2,1-2H3,(H,29,30). The minimum atomic E-state index is -0.632. The molecule has 0 radical (unpaired) electrons. The number of nitrogens with one attached hydrogen (secondary N) is 1. The van der Waals surface area contributed by atoms with Crippen LogP contribution in [0.3, 0.4) is 0 Å². The quantitative estimate of drug-likeness (QED) is 0.383. The Morgan fingerprint density at radius 2 is 1.53 bits per heavy atom. The fourth-order valence-corrected chi connectivity index (χ4v) is 4.32. The van der Waals surface area contributed by atoms with Crippen LogP contribution in [0.25, 0.3) is 0 Å². The van der Waals surface area contributed by atoms with Gasteiger partial charge in [-0.25, -0.2) is 4.98 Å². The van der Waals surface area contributed by atoms with Gasteiger partial charge in [-0.1, -0.05) is 78.4 Å². The van der Waals surface area contributed by atoms with Gasteiger partial charge in [0.05, 0.1) is 17.7 Å². The molecule has 1 N–H and O–H groups in total. The van der Waals surface area contributed by atoms with Gasteiger partial charge < -0.3 is 10.1 Å². The number of carbonyl (C=O) groups is 1. The van der Waals surface area contributed by atoms with Crippen molar-refractivity contribution >= 4 is 17.2 Å². The summed E-state index contributed by atoms with van der Waals surface area (Å²) in [6.45, 7) is 4.47. The first kappa shape index (κ1) is 21.8. The summed E-state index contributed by atoms with van der Waals surface area (Å²) < 4.78 is 5.81. The summed E-state index contributed by atoms with van der Waals surface area (Å²) in [4.78, 5) is 17.6. The predicted octanol–water partition coefficient (Wildman–Crippen LogP) is 5.65. The van der Waals surface area contributed by atoms with E-state index in [9.17, 15) is 4.79 Å². The molecular weight excluding hydrogens is 416 g/mol. The molecule has 4 rings (SSSR count). The zero-order valence-electron chi connectivity index (χ0n) is 18.2. The second kappa shape index (κ2) is 9.79. The molecule has 1 heterocycles. The van der Waals surface area contributed by atoms with E-state index in [4.69, 9.17) is 4.74 Å². The van der Waals surface area contributed by atoms with Crippen LogP contribution in [-0.2, 0) is 23.4 Å². The van der Waals surface area contributed by atoms with Crippen LogP contribution in [0.4, 0.5) is 0 Å². The maximum absolute atomic E-state index is 13.0. The maximum Gasteiger partial charge on any atom is 0.227 e. The minimum absolute atomic E-state index is 0.0727. The van der Waals surface area contributed by atoms with E-state index < -0.39 is 5.54 Å². The van der Waals surface area contributed by atoms with Gasteiger partial charge in [0.15, 0.2) is 0 Å². The second-order valence-electron chi connectivity index (χ2n) is 7.92. The highest BCUT2D eigenvalue weighted by Gasteiger charge is 2.30. The lowest BCUT2D eigenvalue weighted by Gasteiger charge is -2.32. The summed E-state index contributed by atoms with van der Waals surface area (Å²) in [5.41, 5.74) is 3.37. The number of aryl methyl sites for hydroxylation is 1. The normalized spacial score (nSPS) is 11.2. The number of carbonyl (C=O) groups excluding carboxylic acids is 1. The van der Waals surface area contributed by atoms with Crippen molar-refractivity contribution in [3.8, 4) is 5.75 Å². The maximum atomic E-state index is 13.0. The van der Waals surface area contributed by atoms with Crippen LogP contribution in [0.15, 0.2) is 90.3 Å². The van der Waals surface area contributed by atoms with Crippen LogP contribution in [0.2, 0.25) is 0 Å². The number of ether oxygens (including phenoxy) is 1. The minimum Gasteiger partial charge on any atom is -0.486 e. The molecule has 4 nitrogen and oxygen atoms in total. The Kier molecular flexibility index (Phi) is 6.66. The molecular formula is C27H26N2O2S. The number of aromatic nitrogens is 1. The molecule has 162 valence electrons. The molecule has 0 spiro atoms. The number of rotatable bonds is 8. The van der Waals surface area contributed by atoms with Crippen molar-refractivity contribution < 1.29 is 9.53 Å². The molecule has 4 aromatic rings. The van der Waals surface area contributed by atoms with Crippen LogP contribution >= 0.6 is 11.3 Å². The first-order valence-corrected chi connectivity index (χ1v) is 11.5. The number of hydrogen-bond donors (Lipinski definition) is 1. The molecule has 3 aromatic carbocycles. The summed E-state index contributed by atoms with van der Waals surface area (Å²) >= 11 is 1.51. The fraction of sp³-hybridized carbons (Fsp3) is 0.185. The number of amides is 1. The Bertz CT molecular complexity index is 1120. The fourth-order valence-electron chi connectivity index (χ4n) is 3.62. The summed E-state index contributed by atoms with van der Waals surface area (Å²) in [6.07, 6.45) is 0.219. The van der Waals surface area contributed by atoms with E-state index in [0.29, 0.717) is 6.61 Å². The molecule has 0 saturated heterocycles. The molecule has 0 unspecified atom stereocenters. The Morgan fingerprint density at radius 1 is 0.938 bits per heavy atom. The van der Waals surface area contributed by atoms with Crippen molar-refractivity contribution in [1.29, 1.82) is 0 Å². The van der Waals surface area contributed by atoms with E-state index in [1.807, 2.05) is 104 Å². The molecule has 0 fully saturated rings. The predicted molar refractivity (Wildman–Crippen MR) is 129 cm³/mol. The van der Waals surface area contributed by atoms with E-state index in [2.05, 4.69) is 10.3 Å². The summed E-state index contributed by atoms with van der Waals surface area (Å²) in [6, 6.07) is 28.0. The van der Waals surface area contributed by atoms with Crippen molar-refractivity contribution in [2.75, 3.05) is 0 Å². The Morgan fingerprint density at radius 3 is 2.12 bits per heavy atom. The van der Waals surface area contributed by atoms with Crippen LogP contribution in [0.5, 0.6) is 5.75 Å². The first-order chi connectivity index (χ1) is 15.5. The first-order valence-electron chi connectivity index (χ1n) is 10.6. The Labute approximate surface area is 192 Å². The van der Waals surface area contributed by atoms with Crippen molar-refractivity contribution in [2.24, 2.45) is 0 Å². The highest BCUT2D eigenvalue weighted by atomic mass is 32.1. The van der Waals surface area contributed by atoms with E-state index in [-0.39, 0.29) is 12.3 Å². The molecule has 32 heavy (non-hydrogen) atoms. The molecule has 0 aliphatic heterocycles. The van der Waals surface area contributed by atoms with Gasteiger partial charge in [-0.15, -0.1) is 11.3 Å². The summed E-state index contributed by atoms with van der Waals surface area (Å²) in [7, 11) is 0. The van der Waals surface area contributed by atoms with Crippen LogP contribution in [0.1, 0.15) is 34.3 Å². The molecule has 0 saturated carbocycles. The second-order valence-corrected chi connectivity index (χ2v) is 8.86. The summed E-state index contributed by atoms with van der Waals surface area (Å²) in [5, 5.41) is 6.02. The Hall–Kier alpha value is -3.44. The van der Waals surface area contributed by atoms with E-state index in [1.165, 1.54) is 16.9 Å². The molecule has 5 heteroatoms. The van der Waals surface area contributed by atoms with Crippen LogP contribution in [-0.4, -0.2) is 10.9 Å². The third-order valence-electron chi connectivity index (χ3n) is 5.42. The number of nitrogens with zero attached hydrogens (tertiary/aromatic N) is 1. The van der Waals surface area contributed by atoms with E-state index in [1.54, 1.807) is 0 Å². The monoisotopic (exact) mass is 442 g/mol. The van der Waals surface area contributed by atoms with E-state index >= 15 is 0 Å². The molecule has 0 aliphatic carbocycles. The van der Waals surface area contributed by atoms with Crippen molar-refractivity contribution in [3.63, 3.8) is 0 Å². The molecule has 0 atom stereocenters. The average Bonchev–Trinajstić information content (AvgIpc) is 3.27. The van der Waals surface area contributed by atoms with Gasteiger partial charge in [0.2, 0.25) is 5.91 Å². The number of hydrogen-bond acceptors (Lipinski definition) is 4. The van der Waals surface area contributed by atoms with Crippen LogP contribution < -0.4 is 10.1 Å². The zero-order valence-corrected chi connectivity index (χ0v) is 19.1. The zero-order chi connectivity index (χ0) is 22.4. The van der Waals surface area contributed by atoms with Gasteiger partial charge in [0, 0.05) is 5.38 Å². The largest absolute Gasteiger partial charge is 0.486 e.